The maximum Gasteiger partial charge on any atom is 0.342 e. The summed E-state index contributed by atoms with van der Waals surface area (Å²) in [5.41, 5.74) is -0.555. The van der Waals surface area contributed by atoms with Gasteiger partial charge in [0.1, 0.15) is 0 Å². The molecule has 2 unspecified atom stereocenters. The Morgan fingerprint density at radius 2 is 2.27 bits per heavy atom. The summed E-state index contributed by atoms with van der Waals surface area (Å²) in [7, 11) is 0. The molecule has 0 saturated carbocycles. The van der Waals surface area contributed by atoms with E-state index < -0.39 is 11.6 Å². The Bertz CT molecular complexity index is 547. The van der Waals surface area contributed by atoms with Gasteiger partial charge >= 0.3 is 5.97 Å². The molecule has 1 aliphatic rings. The highest BCUT2D eigenvalue weighted by Crippen LogP contribution is 2.33. The molecule has 6 heteroatoms. The predicted octanol–water partition coefficient (Wildman–Crippen LogP) is 2.07. The smallest absolute Gasteiger partial charge is 0.342 e. The van der Waals surface area contributed by atoms with Crippen LogP contribution in [0.5, 0.6) is 0 Å². The molecule has 0 bridgehead atoms. The summed E-state index contributed by atoms with van der Waals surface area (Å²) < 4.78 is 4.89. The highest BCUT2D eigenvalue weighted by molar-refractivity contribution is 6.33. The highest BCUT2D eigenvalue weighted by atomic mass is 35.5. The first-order valence-electron chi connectivity index (χ1n) is 7.49. The van der Waals surface area contributed by atoms with Gasteiger partial charge in [0.15, 0.2) is 5.60 Å². The van der Waals surface area contributed by atoms with Gasteiger partial charge in [0.2, 0.25) is 0 Å². The van der Waals surface area contributed by atoms with Gasteiger partial charge in [-0.3, -0.25) is 0 Å². The Morgan fingerprint density at radius 1 is 1.55 bits per heavy atom. The van der Waals surface area contributed by atoms with E-state index in [1.807, 2.05) is 4.90 Å². The number of benzene rings is 1. The van der Waals surface area contributed by atoms with E-state index in [0.717, 1.165) is 25.1 Å². The van der Waals surface area contributed by atoms with Crippen molar-refractivity contribution in [3.8, 4) is 0 Å². The standard InChI is InChI=1S/C16H22ClNO4/c1-3-22-15(20)16(2,21)11-6-7-14(13(17)9-11)18-8-4-5-12(19)10-18/h6-7,9,12,19,21H,3-5,8,10H2,1-2H3. The molecule has 1 heterocycles. The van der Waals surface area contributed by atoms with E-state index in [-0.39, 0.29) is 12.7 Å². The van der Waals surface area contributed by atoms with E-state index in [9.17, 15) is 15.0 Å². The number of carbonyl (C=O) groups excluding carboxylic acids is 1. The van der Waals surface area contributed by atoms with Crippen LogP contribution in [-0.4, -0.2) is 42.0 Å². The zero-order valence-corrected chi connectivity index (χ0v) is 13.6. The van der Waals surface area contributed by atoms with Gasteiger partial charge in [-0.2, -0.15) is 0 Å². The number of rotatable bonds is 4. The van der Waals surface area contributed by atoms with Crippen molar-refractivity contribution in [2.45, 2.75) is 38.4 Å². The van der Waals surface area contributed by atoms with Crippen LogP contribution in [0.3, 0.4) is 0 Å². The zero-order valence-electron chi connectivity index (χ0n) is 12.9. The van der Waals surface area contributed by atoms with E-state index >= 15 is 0 Å². The third kappa shape index (κ3) is 3.54. The van der Waals surface area contributed by atoms with Crippen molar-refractivity contribution in [3.05, 3.63) is 28.8 Å². The average molecular weight is 328 g/mol. The van der Waals surface area contributed by atoms with Gasteiger partial charge in [0, 0.05) is 13.1 Å². The summed E-state index contributed by atoms with van der Waals surface area (Å²) >= 11 is 6.31. The van der Waals surface area contributed by atoms with E-state index in [0.29, 0.717) is 17.1 Å². The number of aliphatic hydroxyl groups is 2. The minimum Gasteiger partial charge on any atom is -0.464 e. The van der Waals surface area contributed by atoms with E-state index in [2.05, 4.69) is 0 Å². The van der Waals surface area contributed by atoms with Crippen LogP contribution in [0.4, 0.5) is 5.69 Å². The molecule has 1 aromatic carbocycles. The fourth-order valence-electron chi connectivity index (χ4n) is 2.63. The number of ether oxygens (including phenoxy) is 1. The number of β-amino-alcohol motifs (C(OH)–C–C–N with tert-alkyl or cyclic N) is 1. The van der Waals surface area contributed by atoms with E-state index in [1.54, 1.807) is 25.1 Å². The Morgan fingerprint density at radius 3 is 2.86 bits per heavy atom. The van der Waals surface area contributed by atoms with E-state index in [4.69, 9.17) is 16.3 Å². The molecular formula is C16H22ClNO4. The Balaban J connectivity index is 2.24. The lowest BCUT2D eigenvalue weighted by Gasteiger charge is -2.33. The average Bonchev–Trinajstić information content (AvgIpc) is 2.47. The molecule has 1 saturated heterocycles. The summed E-state index contributed by atoms with van der Waals surface area (Å²) in [5.74, 6) is -0.702. The first-order valence-corrected chi connectivity index (χ1v) is 7.86. The molecule has 5 nitrogen and oxygen atoms in total. The van der Waals surface area contributed by atoms with Gasteiger partial charge in [-0.25, -0.2) is 4.79 Å². The maximum absolute atomic E-state index is 11.8. The van der Waals surface area contributed by atoms with Crippen molar-refractivity contribution in [3.63, 3.8) is 0 Å². The summed E-state index contributed by atoms with van der Waals surface area (Å²) in [6.07, 6.45) is 1.34. The lowest BCUT2D eigenvalue weighted by molar-refractivity contribution is -0.164. The monoisotopic (exact) mass is 327 g/mol. The quantitative estimate of drug-likeness (QED) is 0.829. The minimum atomic E-state index is -1.74. The number of anilines is 1. The van der Waals surface area contributed by atoms with Gasteiger partial charge in [-0.1, -0.05) is 17.7 Å². The zero-order chi connectivity index (χ0) is 16.3. The lowest BCUT2D eigenvalue weighted by atomic mass is 9.95. The number of esters is 1. The predicted molar refractivity (Wildman–Crippen MR) is 85.1 cm³/mol. The fourth-order valence-corrected chi connectivity index (χ4v) is 2.93. The van der Waals surface area contributed by atoms with Gasteiger partial charge < -0.3 is 19.8 Å². The molecule has 1 aromatic rings. The van der Waals surface area contributed by atoms with Crippen molar-refractivity contribution < 1.29 is 19.7 Å². The number of hydrogen-bond acceptors (Lipinski definition) is 5. The van der Waals surface area contributed by atoms with Gasteiger partial charge in [-0.15, -0.1) is 0 Å². The molecule has 0 aliphatic carbocycles. The molecule has 0 aromatic heterocycles. The normalized spacial score (nSPS) is 21.3. The van der Waals surface area contributed by atoms with Gasteiger partial charge in [0.05, 0.1) is 23.4 Å². The molecule has 2 N–H and O–H groups in total. The van der Waals surface area contributed by atoms with Gasteiger partial charge in [0.25, 0.3) is 0 Å². The SMILES string of the molecule is CCOC(=O)C(C)(O)c1ccc(N2CCCC(O)C2)c(Cl)c1. The molecule has 0 spiro atoms. The number of halogens is 1. The van der Waals surface area contributed by atoms with Crippen LogP contribution < -0.4 is 4.90 Å². The summed E-state index contributed by atoms with van der Waals surface area (Å²) in [6.45, 7) is 4.64. The van der Waals surface area contributed by atoms with Crippen LogP contribution in [0.25, 0.3) is 0 Å². The van der Waals surface area contributed by atoms with Crippen molar-refractivity contribution in [1.82, 2.24) is 0 Å². The van der Waals surface area contributed by atoms with Crippen molar-refractivity contribution in [1.29, 1.82) is 0 Å². The molecule has 1 aliphatic heterocycles. The summed E-state index contributed by atoms with van der Waals surface area (Å²) in [5, 5.41) is 20.6. The Labute approximate surface area is 135 Å². The first-order chi connectivity index (χ1) is 10.4. The molecule has 2 atom stereocenters. The summed E-state index contributed by atoms with van der Waals surface area (Å²) in [6, 6.07) is 5.01. The fraction of sp³-hybridized carbons (Fsp3) is 0.562. The molecule has 122 valence electrons. The molecular weight excluding hydrogens is 306 g/mol. The van der Waals surface area contributed by atoms with Crippen molar-refractivity contribution >= 4 is 23.3 Å². The molecule has 1 fully saturated rings. The first kappa shape index (κ1) is 17.1. The van der Waals surface area contributed by atoms with Crippen molar-refractivity contribution in [2.24, 2.45) is 0 Å². The molecule has 22 heavy (non-hydrogen) atoms. The number of piperidine rings is 1. The van der Waals surface area contributed by atoms with Crippen LogP contribution in [0.2, 0.25) is 5.02 Å². The van der Waals surface area contributed by atoms with Crippen LogP contribution >= 0.6 is 11.6 Å². The Kier molecular flexibility index (Phi) is 5.32. The highest BCUT2D eigenvalue weighted by Gasteiger charge is 2.34. The lowest BCUT2D eigenvalue weighted by Crippen LogP contribution is -2.38. The number of carbonyl (C=O) groups is 1. The maximum atomic E-state index is 11.8. The largest absolute Gasteiger partial charge is 0.464 e. The number of hydrogen-bond donors (Lipinski definition) is 2. The number of aliphatic hydroxyl groups excluding tert-OH is 1. The second kappa shape index (κ2) is 6.86. The molecule has 0 radical (unpaired) electrons. The summed E-state index contributed by atoms with van der Waals surface area (Å²) in [4.78, 5) is 13.9. The third-order valence-electron chi connectivity index (χ3n) is 3.92. The van der Waals surface area contributed by atoms with Gasteiger partial charge in [-0.05, 0) is 44.4 Å². The third-order valence-corrected chi connectivity index (χ3v) is 4.22. The van der Waals surface area contributed by atoms with E-state index in [1.165, 1.54) is 6.92 Å². The molecule has 2 rings (SSSR count). The topological polar surface area (TPSA) is 70.0 Å². The minimum absolute atomic E-state index is 0.201. The number of nitrogens with zero attached hydrogens (tertiary/aromatic N) is 1. The second-order valence-electron chi connectivity index (χ2n) is 5.70. The second-order valence-corrected chi connectivity index (χ2v) is 6.11. The van der Waals surface area contributed by atoms with Crippen molar-refractivity contribution in [2.75, 3.05) is 24.6 Å². The van der Waals surface area contributed by atoms with Crippen LogP contribution in [0.15, 0.2) is 18.2 Å². The Hall–Kier alpha value is -1.30. The molecule has 0 amide bonds. The van der Waals surface area contributed by atoms with Crippen LogP contribution in [0, 0.1) is 0 Å². The van der Waals surface area contributed by atoms with Crippen LogP contribution in [-0.2, 0) is 15.1 Å². The van der Waals surface area contributed by atoms with Crippen LogP contribution in [0.1, 0.15) is 32.3 Å².